The van der Waals surface area contributed by atoms with Crippen molar-refractivity contribution in [2.45, 2.75) is 53.6 Å². The van der Waals surface area contributed by atoms with Crippen LogP contribution in [-0.4, -0.2) is 12.2 Å². The van der Waals surface area contributed by atoms with Gasteiger partial charge in [0.2, 0.25) is 0 Å². The summed E-state index contributed by atoms with van der Waals surface area (Å²) in [5, 5.41) is 0. The smallest absolute Gasteiger partial charge is 0.161 e. The largest absolute Gasteiger partial charge is 0.490 e. The van der Waals surface area contributed by atoms with Gasteiger partial charge in [0.05, 0.1) is 6.61 Å². The van der Waals surface area contributed by atoms with Crippen LogP contribution in [0.4, 0.5) is 0 Å². The summed E-state index contributed by atoms with van der Waals surface area (Å²) < 4.78 is 11.2. The van der Waals surface area contributed by atoms with Crippen molar-refractivity contribution in [1.82, 2.24) is 0 Å². The fraction of sp³-hybridized carbons (Fsp3) is 0.600. The van der Waals surface area contributed by atoms with Crippen molar-refractivity contribution in [2.24, 2.45) is 0 Å². The van der Waals surface area contributed by atoms with Crippen LogP contribution in [0.5, 0.6) is 0 Å². The monoisotopic (exact) mass is 240 g/mol. The fourth-order valence-electron chi connectivity index (χ4n) is 1.18. The minimum atomic E-state index is -0.186. The first-order chi connectivity index (χ1) is 8.09. The SMILES string of the molecule is C=CC1=C(C=C)OC(C)(C)CCO1.CC.CC. The lowest BCUT2D eigenvalue weighted by atomic mass is 10.1. The molecule has 1 rings (SSSR count). The zero-order valence-corrected chi connectivity index (χ0v) is 12.3. The lowest BCUT2D eigenvalue weighted by molar-refractivity contribution is 0.0362. The first-order valence-electron chi connectivity index (χ1n) is 6.40. The number of allylic oxidation sites excluding steroid dienone is 2. The molecule has 0 saturated carbocycles. The normalized spacial score (nSPS) is 16.8. The van der Waals surface area contributed by atoms with Gasteiger partial charge in [-0.15, -0.1) is 0 Å². The first kappa shape index (κ1) is 18.2. The average molecular weight is 240 g/mol. The van der Waals surface area contributed by atoms with Crippen LogP contribution < -0.4 is 0 Å². The van der Waals surface area contributed by atoms with Gasteiger partial charge in [-0.3, -0.25) is 0 Å². The standard InChI is InChI=1S/C11H16O2.2C2H6/c1-5-9-10(6-2)13-11(3,4)7-8-12-9;2*1-2/h5-6H,1-2,7-8H2,3-4H3;2*1-2H3. The van der Waals surface area contributed by atoms with E-state index in [0.29, 0.717) is 18.1 Å². The number of hydrogen-bond donors (Lipinski definition) is 0. The second-order valence-corrected chi connectivity index (χ2v) is 3.60. The van der Waals surface area contributed by atoms with Gasteiger partial charge >= 0.3 is 0 Å². The van der Waals surface area contributed by atoms with Crippen molar-refractivity contribution in [3.05, 3.63) is 36.8 Å². The van der Waals surface area contributed by atoms with Gasteiger partial charge in [-0.25, -0.2) is 0 Å². The van der Waals surface area contributed by atoms with Crippen molar-refractivity contribution in [2.75, 3.05) is 6.61 Å². The Morgan fingerprint density at radius 1 is 1.00 bits per heavy atom. The average Bonchev–Trinajstić information content (AvgIpc) is 2.51. The van der Waals surface area contributed by atoms with Gasteiger partial charge < -0.3 is 9.47 Å². The molecular weight excluding hydrogens is 212 g/mol. The molecule has 1 aliphatic rings. The molecule has 0 bridgehead atoms. The van der Waals surface area contributed by atoms with E-state index in [1.807, 2.05) is 41.5 Å². The quantitative estimate of drug-likeness (QED) is 0.687. The van der Waals surface area contributed by atoms with Crippen molar-refractivity contribution in [1.29, 1.82) is 0 Å². The van der Waals surface area contributed by atoms with Crippen LogP contribution in [0, 0.1) is 0 Å². The van der Waals surface area contributed by atoms with E-state index in [0.717, 1.165) is 6.42 Å². The molecule has 0 aromatic carbocycles. The van der Waals surface area contributed by atoms with E-state index in [1.54, 1.807) is 12.2 Å². The van der Waals surface area contributed by atoms with Crippen LogP contribution in [0.2, 0.25) is 0 Å². The molecule has 2 heteroatoms. The zero-order chi connectivity index (χ0) is 13.9. The van der Waals surface area contributed by atoms with Crippen LogP contribution in [0.1, 0.15) is 48.0 Å². The van der Waals surface area contributed by atoms with Crippen LogP contribution in [-0.2, 0) is 9.47 Å². The Hall–Kier alpha value is -1.18. The molecule has 2 nitrogen and oxygen atoms in total. The molecule has 1 heterocycles. The Bertz CT molecular complexity index is 250. The summed E-state index contributed by atoms with van der Waals surface area (Å²) in [6.45, 7) is 20.1. The van der Waals surface area contributed by atoms with Gasteiger partial charge in [0, 0.05) is 6.42 Å². The van der Waals surface area contributed by atoms with Gasteiger partial charge in [0.15, 0.2) is 11.5 Å². The second kappa shape index (κ2) is 10.0. The van der Waals surface area contributed by atoms with E-state index >= 15 is 0 Å². The van der Waals surface area contributed by atoms with Crippen molar-refractivity contribution in [3.8, 4) is 0 Å². The summed E-state index contributed by atoms with van der Waals surface area (Å²) in [5.74, 6) is 1.36. The zero-order valence-electron chi connectivity index (χ0n) is 12.3. The predicted octanol–water partition coefficient (Wildman–Crippen LogP) is 4.84. The maximum absolute atomic E-state index is 5.72. The van der Waals surface area contributed by atoms with Gasteiger partial charge in [0.25, 0.3) is 0 Å². The second-order valence-electron chi connectivity index (χ2n) is 3.60. The van der Waals surface area contributed by atoms with Gasteiger partial charge in [-0.05, 0) is 26.0 Å². The molecule has 1 aliphatic heterocycles. The minimum Gasteiger partial charge on any atom is -0.490 e. The van der Waals surface area contributed by atoms with Crippen LogP contribution in [0.25, 0.3) is 0 Å². The van der Waals surface area contributed by atoms with E-state index in [9.17, 15) is 0 Å². The molecule has 0 amide bonds. The summed E-state index contributed by atoms with van der Waals surface area (Å²) in [4.78, 5) is 0. The molecule has 0 spiro atoms. The number of rotatable bonds is 2. The van der Waals surface area contributed by atoms with E-state index in [1.165, 1.54) is 0 Å². The molecular formula is C15H28O2. The molecule has 0 aromatic heterocycles. The summed E-state index contributed by atoms with van der Waals surface area (Å²) in [6.07, 6.45) is 4.17. The third kappa shape index (κ3) is 6.88. The Morgan fingerprint density at radius 2 is 1.47 bits per heavy atom. The van der Waals surface area contributed by atoms with Crippen molar-refractivity contribution >= 4 is 0 Å². The molecule has 0 aliphatic carbocycles. The molecule has 0 unspecified atom stereocenters. The minimum absolute atomic E-state index is 0.186. The Labute approximate surface area is 107 Å². The van der Waals surface area contributed by atoms with Gasteiger partial charge in [-0.1, -0.05) is 40.9 Å². The lowest BCUT2D eigenvalue weighted by Crippen LogP contribution is -2.23. The summed E-state index contributed by atoms with van der Waals surface area (Å²) in [6, 6.07) is 0. The molecule has 0 aromatic rings. The van der Waals surface area contributed by atoms with E-state index < -0.39 is 0 Å². The molecule has 0 atom stereocenters. The van der Waals surface area contributed by atoms with Crippen LogP contribution >= 0.6 is 0 Å². The number of hydrogen-bond acceptors (Lipinski definition) is 2. The maximum Gasteiger partial charge on any atom is 0.161 e. The van der Waals surface area contributed by atoms with Gasteiger partial charge in [0.1, 0.15) is 5.60 Å². The number of ether oxygens (including phenoxy) is 2. The van der Waals surface area contributed by atoms with E-state index in [2.05, 4.69) is 13.2 Å². The van der Waals surface area contributed by atoms with Gasteiger partial charge in [-0.2, -0.15) is 0 Å². The molecule has 17 heavy (non-hydrogen) atoms. The van der Waals surface area contributed by atoms with Crippen LogP contribution in [0.3, 0.4) is 0 Å². The maximum atomic E-state index is 5.72. The summed E-state index contributed by atoms with van der Waals surface area (Å²) in [7, 11) is 0. The third-order valence-corrected chi connectivity index (χ3v) is 1.96. The fourth-order valence-corrected chi connectivity index (χ4v) is 1.18. The van der Waals surface area contributed by atoms with E-state index in [4.69, 9.17) is 9.47 Å². The Kier molecular flexibility index (Phi) is 10.7. The van der Waals surface area contributed by atoms with Crippen molar-refractivity contribution < 1.29 is 9.47 Å². The molecule has 100 valence electrons. The summed E-state index contributed by atoms with van der Waals surface area (Å²) in [5.41, 5.74) is -0.186. The van der Waals surface area contributed by atoms with Crippen LogP contribution in [0.15, 0.2) is 36.8 Å². The predicted molar refractivity (Wildman–Crippen MR) is 75.8 cm³/mol. The van der Waals surface area contributed by atoms with Crippen molar-refractivity contribution in [3.63, 3.8) is 0 Å². The highest BCUT2D eigenvalue weighted by Gasteiger charge is 2.24. The lowest BCUT2D eigenvalue weighted by Gasteiger charge is -2.23. The topological polar surface area (TPSA) is 18.5 Å². The third-order valence-electron chi connectivity index (χ3n) is 1.96. The highest BCUT2D eigenvalue weighted by molar-refractivity contribution is 5.23. The Balaban J connectivity index is 0. The highest BCUT2D eigenvalue weighted by Crippen LogP contribution is 2.26. The first-order valence-corrected chi connectivity index (χ1v) is 6.40. The summed E-state index contributed by atoms with van der Waals surface area (Å²) >= 11 is 0. The molecule has 0 N–H and O–H groups in total. The highest BCUT2D eigenvalue weighted by atomic mass is 16.5. The Morgan fingerprint density at radius 3 is 1.88 bits per heavy atom. The molecule has 0 radical (unpaired) electrons. The van der Waals surface area contributed by atoms with E-state index in [-0.39, 0.29) is 5.60 Å². The molecule has 0 saturated heterocycles. The molecule has 0 fully saturated rings.